The molecule has 2 saturated heterocycles. The summed E-state index contributed by atoms with van der Waals surface area (Å²) in [5.74, 6) is 2.84. The summed E-state index contributed by atoms with van der Waals surface area (Å²) in [6.45, 7) is 20.0. The Bertz CT molecular complexity index is 8470. The van der Waals surface area contributed by atoms with E-state index in [0.717, 1.165) is 243 Å². The molecule has 26 rings (SSSR count). The summed E-state index contributed by atoms with van der Waals surface area (Å²) in [4.78, 5) is 104. The number of nitrogens with zero attached hydrogens (tertiary/aromatic N) is 23. The monoisotopic (exact) mass is 1930 g/mol. The minimum atomic E-state index is 0.323. The Morgan fingerprint density at radius 3 is 0.908 bits per heavy atom. The van der Waals surface area contributed by atoms with Crippen LogP contribution in [0.3, 0.4) is 0 Å². The second-order valence-electron chi connectivity index (χ2n) is 36.2. The Kier molecular flexibility index (Phi) is 24.3. The van der Waals surface area contributed by atoms with Crippen LogP contribution in [0.15, 0.2) is 221 Å². The molecule has 26 heterocycles. The lowest BCUT2D eigenvalue weighted by Crippen LogP contribution is -2.29. The molecule has 0 bridgehead atoms. The number of hydrogen-bond acceptors (Lipinski definition) is 28. The lowest BCUT2D eigenvalue weighted by molar-refractivity contribution is 0.220. The Morgan fingerprint density at radius 2 is 0.603 bits per heavy atom. The van der Waals surface area contributed by atoms with Crippen LogP contribution < -0.4 is 5.32 Å². The van der Waals surface area contributed by atoms with Gasteiger partial charge in [-0.25, -0.2) is 39.9 Å². The highest BCUT2D eigenvalue weighted by molar-refractivity contribution is 7.16. The van der Waals surface area contributed by atoms with Crippen molar-refractivity contribution in [3.63, 3.8) is 0 Å². The van der Waals surface area contributed by atoms with E-state index in [0.29, 0.717) is 40.3 Å². The average molecular weight is 1930 g/mol. The SMILES string of the molecule is Cc1ccc(-c2cncc3[nH]c(-c4[nH]nc5ncc(-c6cncc(CN(C)C)c6)cc45)nc23)s1.Cc1ccc(-c2cncc3[nH]c(-c4[nH]nc5ncc(-c6cncc(CN7CCCC7)c6)cc45)nc23)s1.Cc1ccc(-c2cncc3[nH]c(-c4[nH]nc5ncc(-c6cncc(CN7CCCCC7)c6)cc45)nc23)s1.Cc1ccc(-c2cncc3[nH]c(-c4[nH]nc5ncc(-c6cncc(NC(C)C)c6)cc45)nc23)s1. The largest absolute Gasteiger partial charge is 0.382 e. The van der Waals surface area contributed by atoms with Gasteiger partial charge in [-0.2, -0.15) is 20.4 Å². The first-order chi connectivity index (χ1) is 69.0. The van der Waals surface area contributed by atoms with E-state index in [4.69, 9.17) is 19.9 Å². The van der Waals surface area contributed by atoms with Crippen LogP contribution in [-0.4, -0.2) is 201 Å². The lowest BCUT2D eigenvalue weighted by atomic mass is 10.1. The van der Waals surface area contributed by atoms with Gasteiger partial charge in [0.25, 0.3) is 0 Å². The van der Waals surface area contributed by atoms with Crippen molar-refractivity contribution in [3.8, 4) is 132 Å². The number of hydrogen-bond donors (Lipinski definition) is 9. The Hall–Kier alpha value is -16.0. The Balaban J connectivity index is 0.000000105. The summed E-state index contributed by atoms with van der Waals surface area (Å²) in [5, 5.41) is 37.3. The first kappa shape index (κ1) is 89.0. The van der Waals surface area contributed by atoms with Gasteiger partial charge >= 0.3 is 0 Å². The summed E-state index contributed by atoms with van der Waals surface area (Å²) in [6, 6.07) is 34.4. The van der Waals surface area contributed by atoms with Gasteiger partial charge in [0.2, 0.25) is 0 Å². The molecule has 698 valence electrons. The molecule has 0 unspecified atom stereocenters. The second-order valence-corrected chi connectivity index (χ2v) is 41.3. The first-order valence-electron chi connectivity index (χ1n) is 46.7. The van der Waals surface area contributed by atoms with Gasteiger partial charge in [0.15, 0.2) is 45.9 Å². The zero-order chi connectivity index (χ0) is 95.3. The zero-order valence-corrected chi connectivity index (χ0v) is 81.5. The van der Waals surface area contributed by atoms with E-state index < -0.39 is 0 Å². The third kappa shape index (κ3) is 18.6. The number of likely N-dealkylation sites (tertiary alicyclic amines) is 2. The van der Waals surface area contributed by atoms with Crippen LogP contribution in [0.25, 0.3) is 221 Å². The van der Waals surface area contributed by atoms with Crippen molar-refractivity contribution in [3.05, 3.63) is 257 Å². The summed E-state index contributed by atoms with van der Waals surface area (Å²) < 4.78 is 0. The number of aryl methyl sites for hydroxylation is 4. The van der Waals surface area contributed by atoms with Crippen molar-refractivity contribution in [1.82, 2.24) is 155 Å². The fourth-order valence-corrected chi connectivity index (χ4v) is 21.9. The molecule has 24 aromatic rings. The molecule has 36 heteroatoms. The third-order valence-corrected chi connectivity index (χ3v) is 29.2. The summed E-state index contributed by atoms with van der Waals surface area (Å²) in [6.07, 6.45) is 43.8. The summed E-state index contributed by atoms with van der Waals surface area (Å²) >= 11 is 6.96. The zero-order valence-electron chi connectivity index (χ0n) is 78.3. The fourth-order valence-electron chi connectivity index (χ4n) is 18.3. The molecule has 0 aromatic carbocycles. The van der Waals surface area contributed by atoms with Crippen molar-refractivity contribution < 1.29 is 0 Å². The molecule has 0 atom stereocenters. The number of anilines is 1. The Morgan fingerprint density at radius 1 is 0.319 bits per heavy atom. The lowest BCUT2D eigenvalue weighted by Gasteiger charge is -2.26. The van der Waals surface area contributed by atoms with Crippen molar-refractivity contribution >= 4 is 139 Å². The van der Waals surface area contributed by atoms with E-state index in [1.165, 1.54) is 62.7 Å². The normalized spacial score (nSPS) is 13.1. The van der Waals surface area contributed by atoms with Gasteiger partial charge in [-0.15, -0.1) is 45.3 Å². The van der Waals surface area contributed by atoms with Crippen LogP contribution in [0.2, 0.25) is 0 Å². The quantitative estimate of drug-likeness (QED) is 0.0342. The molecule has 32 nitrogen and oxygen atoms in total. The van der Waals surface area contributed by atoms with Gasteiger partial charge < -0.3 is 30.2 Å². The van der Waals surface area contributed by atoms with Gasteiger partial charge in [0.05, 0.1) is 74.1 Å². The first-order valence-corrected chi connectivity index (χ1v) is 49.9. The number of fused-ring (bicyclic) bond motifs is 8. The molecule has 141 heavy (non-hydrogen) atoms. The van der Waals surface area contributed by atoms with Crippen molar-refractivity contribution in [2.45, 2.75) is 99.3 Å². The highest BCUT2D eigenvalue weighted by atomic mass is 32.1. The van der Waals surface area contributed by atoms with Crippen molar-refractivity contribution in [2.24, 2.45) is 0 Å². The van der Waals surface area contributed by atoms with Gasteiger partial charge in [-0.05, 0) is 221 Å². The molecule has 2 fully saturated rings. The molecule has 0 radical (unpaired) electrons. The van der Waals surface area contributed by atoms with E-state index in [2.05, 4.69) is 279 Å². The molecule has 0 spiro atoms. The maximum atomic E-state index is 4.97. The maximum Gasteiger partial charge on any atom is 0.181 e. The van der Waals surface area contributed by atoms with Crippen LogP contribution in [0.1, 0.15) is 82.2 Å². The topological polar surface area (TPSA) is 406 Å². The van der Waals surface area contributed by atoms with E-state index in [-0.39, 0.29) is 0 Å². The standard InChI is InChI=1S/C28H26N8S.C27H24N8S.2C25H22N8S/c1-17-5-6-24(37-17)22-14-30-15-23-25(22)33-28(32-23)26-21-10-20(13-31-27(21)35-34-26)19-9-18(11-29-12-19)16-36-7-3-2-4-8-36;1-16-4-5-23(36-16)21-13-29-14-22-24(21)32-27(31-22)25-20-9-19(12-30-26(20)34-33-25)18-8-17(10-28-11-18)15-35-6-2-3-7-35;1-14-4-5-21(34-14)19-11-27-12-20-22(19)30-25(29-20)23-18-7-17(10-28-24(18)32-31-23)16-6-15(8-26-9-16)13-33(2)3;1-13(2)29-17-6-15(8-26-10-17)16-7-18-23(32-33-24(18)28-9-16)25-30-20-12-27-11-19(22(20)31-25)21-5-4-14(3)34-21/h5-6,9-15H,2-4,7-8,16H2,1H3,(H,32,33)(H,31,34,35);4-5,8-14H,2-3,6-7,15H2,1H3,(H,31,32)(H,30,33,34);4-12H,13H2,1-3H3,(H,29,30)(H,28,31,32);4-13,29H,1-3H3,(H,30,31)(H,28,32,33). The number of rotatable bonds is 20. The van der Waals surface area contributed by atoms with Gasteiger partial charge in [0.1, 0.15) is 44.8 Å². The molecule has 0 aliphatic carbocycles. The van der Waals surface area contributed by atoms with Crippen LogP contribution in [0.4, 0.5) is 5.69 Å². The smallest absolute Gasteiger partial charge is 0.181 e. The van der Waals surface area contributed by atoms with E-state index in [1.54, 1.807) is 57.7 Å². The van der Waals surface area contributed by atoms with Crippen LogP contribution in [0.5, 0.6) is 0 Å². The molecule has 2 aliphatic heterocycles. The highest BCUT2D eigenvalue weighted by Gasteiger charge is 2.26. The summed E-state index contributed by atoms with van der Waals surface area (Å²) in [7, 11) is 4.10. The van der Waals surface area contributed by atoms with Crippen LogP contribution in [0, 0.1) is 27.7 Å². The van der Waals surface area contributed by atoms with Crippen molar-refractivity contribution in [1.29, 1.82) is 0 Å². The molecule has 24 aromatic heterocycles. The highest BCUT2D eigenvalue weighted by Crippen LogP contribution is 2.42. The minimum Gasteiger partial charge on any atom is -0.382 e. The molecular formula is C105H94N32S4. The van der Waals surface area contributed by atoms with E-state index in [1.807, 2.05) is 126 Å². The maximum absolute atomic E-state index is 4.97. The third-order valence-electron chi connectivity index (χ3n) is 25.1. The number of imidazole rings is 4. The molecule has 9 N–H and O–H groups in total. The number of pyridine rings is 12. The molecule has 0 saturated carbocycles. The molecule has 0 amide bonds. The predicted molar refractivity (Wildman–Crippen MR) is 562 cm³/mol. The number of H-pyrrole nitrogens is 8. The fraction of sp³-hybridized carbons (Fsp3) is 0.200. The number of piperidine rings is 1. The number of nitrogens with one attached hydrogen (secondary N) is 9. The van der Waals surface area contributed by atoms with Crippen molar-refractivity contribution in [2.75, 3.05) is 45.6 Å². The van der Waals surface area contributed by atoms with Crippen LogP contribution in [-0.2, 0) is 19.6 Å². The number of thiophene rings is 4. The molecular weight excluding hydrogens is 1840 g/mol. The molecule has 2 aliphatic rings. The van der Waals surface area contributed by atoms with E-state index in [9.17, 15) is 0 Å². The average Bonchev–Trinajstić information content (AvgIpc) is 1.62. The number of aromatic nitrogens is 28. The van der Waals surface area contributed by atoms with Gasteiger partial charge in [-0.1, -0.05) is 6.42 Å². The summed E-state index contributed by atoms with van der Waals surface area (Å²) in [5.41, 5.74) is 29.6. The van der Waals surface area contributed by atoms with Gasteiger partial charge in [0, 0.05) is 231 Å². The van der Waals surface area contributed by atoms with Crippen LogP contribution >= 0.6 is 45.3 Å². The Labute approximate surface area is 823 Å². The van der Waals surface area contributed by atoms with Gasteiger partial charge in [-0.3, -0.25) is 70.1 Å². The second kappa shape index (κ2) is 38.4. The predicted octanol–water partition coefficient (Wildman–Crippen LogP) is 22.4. The minimum absolute atomic E-state index is 0.323. The number of aromatic amines is 8. The van der Waals surface area contributed by atoms with E-state index >= 15 is 0 Å².